The molecule has 1 amide bonds. The summed E-state index contributed by atoms with van der Waals surface area (Å²) in [5.41, 5.74) is 0. The van der Waals surface area contributed by atoms with Gasteiger partial charge in [-0.25, -0.2) is 0 Å². The number of ether oxygens (including phenoxy) is 2. The second kappa shape index (κ2) is 45.0. The minimum absolute atomic E-state index is 0.0259. The number of carbonyl (C=O) groups excluding carboxylic acids is 3. The lowest BCUT2D eigenvalue weighted by Gasteiger charge is -2.28. The Morgan fingerprint density at radius 3 is 1.16 bits per heavy atom. The van der Waals surface area contributed by atoms with Gasteiger partial charge in [-0.15, -0.1) is 0 Å². The minimum Gasteiger partial charge on any atom is -0.465 e. The number of rotatable bonds is 47. The number of carbonyl (C=O) groups is 3. The highest BCUT2D eigenvalue weighted by atomic mass is 16.5. The maximum Gasteiger partial charge on any atom is 0.305 e. The van der Waals surface area contributed by atoms with Crippen molar-refractivity contribution in [3.05, 3.63) is 0 Å². The van der Waals surface area contributed by atoms with Crippen LogP contribution in [0, 0.1) is 17.8 Å². The smallest absolute Gasteiger partial charge is 0.305 e. The molecule has 0 heterocycles. The molecular weight excluding hydrogens is 757 g/mol. The molecule has 0 saturated carbocycles. The monoisotopic (exact) mass is 863 g/mol. The molecule has 0 saturated heterocycles. The van der Waals surface area contributed by atoms with Gasteiger partial charge in [0.25, 0.3) is 0 Å². The highest BCUT2D eigenvalue weighted by Gasteiger charge is 2.24. The zero-order valence-electron chi connectivity index (χ0n) is 42.2. The van der Waals surface area contributed by atoms with Crippen LogP contribution >= 0.6 is 0 Å². The molecule has 0 aliphatic heterocycles. The number of esters is 2. The van der Waals surface area contributed by atoms with E-state index in [2.05, 4.69) is 58.5 Å². The molecule has 7 heteroatoms. The highest BCUT2D eigenvalue weighted by molar-refractivity contribution is 5.78. The second-order valence-electron chi connectivity index (χ2n) is 19.3. The summed E-state index contributed by atoms with van der Waals surface area (Å²) >= 11 is 0. The van der Waals surface area contributed by atoms with Gasteiger partial charge >= 0.3 is 11.9 Å². The molecule has 0 aromatic carbocycles. The molecule has 0 aromatic rings. The Kier molecular flexibility index (Phi) is 43.8. The highest BCUT2D eigenvalue weighted by Crippen LogP contribution is 2.24. The maximum atomic E-state index is 14.3. The van der Waals surface area contributed by atoms with Crippen molar-refractivity contribution in [1.82, 2.24) is 9.80 Å². The standard InChI is InChI=1S/C54H106N2O5/c1-8-13-18-19-20-27-34-45-56(46-35-44-55(6)7)54(59)51(40-30-23-21-25-32-42-52(57)60-47-49(36-16-11-4)38-28-14-9-2)41-31-24-22-26-33-43-53(58)61-48-50(37-17-12-5)39-29-15-10-3/h49-51H,8-48H2,1-7H3. The molecule has 0 aliphatic carbocycles. The molecule has 0 spiro atoms. The lowest BCUT2D eigenvalue weighted by molar-refractivity contribution is -0.146. The van der Waals surface area contributed by atoms with Crippen LogP contribution in [0.15, 0.2) is 0 Å². The zero-order chi connectivity index (χ0) is 45.0. The van der Waals surface area contributed by atoms with Crippen molar-refractivity contribution in [3.8, 4) is 0 Å². The van der Waals surface area contributed by atoms with E-state index in [1.165, 1.54) is 128 Å². The van der Waals surface area contributed by atoms with Crippen molar-refractivity contribution >= 4 is 17.8 Å². The summed E-state index contributed by atoms with van der Waals surface area (Å²) in [6.07, 6.45) is 40.2. The third kappa shape index (κ3) is 38.5. The fraction of sp³-hybridized carbons (Fsp3) is 0.944. The van der Waals surface area contributed by atoms with E-state index in [1.54, 1.807) is 0 Å². The van der Waals surface area contributed by atoms with E-state index in [4.69, 9.17) is 9.47 Å². The van der Waals surface area contributed by atoms with Gasteiger partial charge in [0.1, 0.15) is 0 Å². The molecule has 2 unspecified atom stereocenters. The van der Waals surface area contributed by atoms with E-state index < -0.39 is 0 Å². The fourth-order valence-corrected chi connectivity index (χ4v) is 8.74. The number of hydrogen-bond donors (Lipinski definition) is 0. The zero-order valence-corrected chi connectivity index (χ0v) is 42.2. The normalized spacial score (nSPS) is 13.0. The maximum absolute atomic E-state index is 14.3. The van der Waals surface area contributed by atoms with Crippen molar-refractivity contribution in [2.24, 2.45) is 17.8 Å². The molecule has 362 valence electrons. The Morgan fingerprint density at radius 2 is 0.721 bits per heavy atom. The summed E-state index contributed by atoms with van der Waals surface area (Å²) < 4.78 is 11.5. The lowest BCUT2D eigenvalue weighted by atomic mass is 9.92. The number of nitrogens with zero attached hydrogens (tertiary/aromatic N) is 2. The fourth-order valence-electron chi connectivity index (χ4n) is 8.74. The Balaban J connectivity index is 5.03. The predicted molar refractivity (Wildman–Crippen MR) is 262 cm³/mol. The Bertz CT molecular complexity index is 921. The molecule has 2 atom stereocenters. The van der Waals surface area contributed by atoms with E-state index in [-0.39, 0.29) is 17.9 Å². The Labute approximate surface area is 380 Å². The first-order valence-corrected chi connectivity index (χ1v) is 27.0. The summed E-state index contributed by atoms with van der Waals surface area (Å²) in [7, 11) is 4.24. The van der Waals surface area contributed by atoms with Gasteiger partial charge in [-0.1, -0.05) is 189 Å². The molecule has 0 N–H and O–H groups in total. The first kappa shape index (κ1) is 59.4. The molecule has 0 fully saturated rings. The molecule has 61 heavy (non-hydrogen) atoms. The quantitative estimate of drug-likeness (QED) is 0.0448. The molecule has 7 nitrogen and oxygen atoms in total. The SMILES string of the molecule is CCCCCCCCCN(CCCN(C)C)C(=O)C(CCCCCCCC(=O)OCC(CCCC)CCCCC)CCCCCCCC(=O)OCC(CCCC)CCCCC. The molecular formula is C54H106N2O5. The molecule has 0 radical (unpaired) electrons. The first-order chi connectivity index (χ1) is 29.7. The minimum atomic E-state index is -0.0259. The van der Waals surface area contributed by atoms with E-state index in [9.17, 15) is 14.4 Å². The van der Waals surface area contributed by atoms with Crippen LogP contribution in [0.1, 0.15) is 266 Å². The predicted octanol–water partition coefficient (Wildman–Crippen LogP) is 15.5. The number of hydrogen-bond acceptors (Lipinski definition) is 6. The Hall–Kier alpha value is -1.63. The third-order valence-corrected chi connectivity index (χ3v) is 12.9. The Morgan fingerprint density at radius 1 is 0.377 bits per heavy atom. The van der Waals surface area contributed by atoms with E-state index in [0.717, 1.165) is 110 Å². The summed E-state index contributed by atoms with van der Waals surface area (Å²) in [6.45, 7) is 15.2. The van der Waals surface area contributed by atoms with E-state index in [0.29, 0.717) is 43.8 Å². The van der Waals surface area contributed by atoms with Gasteiger partial charge in [0, 0.05) is 31.8 Å². The summed E-state index contributed by atoms with van der Waals surface area (Å²) in [4.78, 5) is 43.9. The van der Waals surface area contributed by atoms with Crippen LogP contribution < -0.4 is 0 Å². The summed E-state index contributed by atoms with van der Waals surface area (Å²) in [5, 5.41) is 0. The van der Waals surface area contributed by atoms with Gasteiger partial charge in [0.15, 0.2) is 0 Å². The third-order valence-electron chi connectivity index (χ3n) is 12.9. The van der Waals surface area contributed by atoms with Crippen molar-refractivity contribution in [3.63, 3.8) is 0 Å². The van der Waals surface area contributed by atoms with Gasteiger partial charge < -0.3 is 19.3 Å². The molecule has 0 rings (SSSR count). The van der Waals surface area contributed by atoms with Crippen LogP contribution in [0.2, 0.25) is 0 Å². The van der Waals surface area contributed by atoms with Gasteiger partial charge in [0.2, 0.25) is 5.91 Å². The van der Waals surface area contributed by atoms with Crippen molar-refractivity contribution in [2.45, 2.75) is 266 Å². The number of unbranched alkanes of at least 4 members (excludes halogenated alkanes) is 20. The van der Waals surface area contributed by atoms with Gasteiger partial charge in [0.05, 0.1) is 13.2 Å². The second-order valence-corrected chi connectivity index (χ2v) is 19.3. The van der Waals surface area contributed by atoms with Crippen molar-refractivity contribution in [2.75, 3.05) is 46.9 Å². The van der Waals surface area contributed by atoms with Gasteiger partial charge in [-0.2, -0.15) is 0 Å². The van der Waals surface area contributed by atoms with Gasteiger partial charge in [-0.05, 0) is 96.7 Å². The summed E-state index contributed by atoms with van der Waals surface area (Å²) in [6, 6.07) is 0. The van der Waals surface area contributed by atoms with E-state index >= 15 is 0 Å². The van der Waals surface area contributed by atoms with Crippen LogP contribution in [0.4, 0.5) is 0 Å². The van der Waals surface area contributed by atoms with Crippen LogP contribution in [-0.4, -0.2) is 74.6 Å². The van der Waals surface area contributed by atoms with Gasteiger partial charge in [-0.3, -0.25) is 14.4 Å². The molecule has 0 aliphatic rings. The van der Waals surface area contributed by atoms with Crippen LogP contribution in [0.3, 0.4) is 0 Å². The number of amides is 1. The van der Waals surface area contributed by atoms with Crippen molar-refractivity contribution < 1.29 is 23.9 Å². The average Bonchev–Trinajstić information content (AvgIpc) is 3.25. The van der Waals surface area contributed by atoms with Crippen LogP contribution in [0.5, 0.6) is 0 Å². The molecule has 0 bridgehead atoms. The summed E-state index contributed by atoms with van der Waals surface area (Å²) in [5.74, 6) is 1.45. The van der Waals surface area contributed by atoms with Crippen molar-refractivity contribution in [1.29, 1.82) is 0 Å². The van der Waals surface area contributed by atoms with Crippen LogP contribution in [-0.2, 0) is 23.9 Å². The van der Waals surface area contributed by atoms with Crippen LogP contribution in [0.25, 0.3) is 0 Å². The topological polar surface area (TPSA) is 76.2 Å². The average molecular weight is 863 g/mol. The largest absolute Gasteiger partial charge is 0.465 e. The first-order valence-electron chi connectivity index (χ1n) is 27.0. The van der Waals surface area contributed by atoms with E-state index in [1.807, 2.05) is 0 Å². The lowest BCUT2D eigenvalue weighted by Crippen LogP contribution is -2.38. The molecule has 0 aromatic heterocycles.